The van der Waals surface area contributed by atoms with Gasteiger partial charge in [0.1, 0.15) is 23.0 Å². The first-order chi connectivity index (χ1) is 28.7. The van der Waals surface area contributed by atoms with Crippen LogP contribution in [0.25, 0.3) is 56.9 Å². The van der Waals surface area contributed by atoms with Crippen LogP contribution in [0.4, 0.5) is 17.3 Å². The molecule has 58 heavy (non-hydrogen) atoms. The maximum atomic E-state index is 6.88. The smallest absolute Gasteiger partial charge is 0.266 e. The van der Waals surface area contributed by atoms with Crippen LogP contribution in [-0.2, 0) is 0 Å². The molecule has 3 aliphatic rings. The number of anilines is 3. The number of hydrogen-bond acceptors (Lipinski definition) is 9. The van der Waals surface area contributed by atoms with Gasteiger partial charge in [-0.3, -0.25) is 4.90 Å². The van der Waals surface area contributed by atoms with Crippen LogP contribution in [0.3, 0.4) is 0 Å². The summed E-state index contributed by atoms with van der Waals surface area (Å²) in [6.07, 6.45) is 0. The minimum absolute atomic E-state index is 0.169. The Bertz CT molecular complexity index is 2890. The van der Waals surface area contributed by atoms with Crippen LogP contribution in [0.1, 0.15) is 0 Å². The van der Waals surface area contributed by atoms with Crippen molar-refractivity contribution in [1.82, 2.24) is 29.9 Å². The maximum Gasteiger partial charge on any atom is 0.266 e. The molecule has 3 aliphatic heterocycles. The predicted octanol–water partition coefficient (Wildman–Crippen LogP) is 8.90. The molecule has 0 fully saturated rings. The van der Waals surface area contributed by atoms with Crippen molar-refractivity contribution in [1.29, 1.82) is 0 Å². The van der Waals surface area contributed by atoms with E-state index in [0.717, 1.165) is 67.1 Å². The van der Waals surface area contributed by atoms with Crippen LogP contribution in [0, 0.1) is 0 Å². The highest BCUT2D eigenvalue weighted by Crippen LogP contribution is 2.46. The molecule has 9 aromatic rings. The van der Waals surface area contributed by atoms with E-state index in [2.05, 4.69) is 17.0 Å². The summed E-state index contributed by atoms with van der Waals surface area (Å²) in [5, 5.41) is 0. The molecular formula is C48H28BN7O2. The molecule has 270 valence electrons. The molecule has 0 bridgehead atoms. The van der Waals surface area contributed by atoms with Crippen molar-refractivity contribution in [3.63, 3.8) is 0 Å². The average molecular weight is 746 g/mol. The topological polar surface area (TPSA) is 99.0 Å². The van der Waals surface area contributed by atoms with Gasteiger partial charge in [-0.1, -0.05) is 133 Å². The lowest BCUT2D eigenvalue weighted by Crippen LogP contribution is -2.61. The lowest BCUT2D eigenvalue weighted by molar-refractivity contribution is 0.464. The lowest BCUT2D eigenvalue weighted by atomic mass is 9.33. The summed E-state index contributed by atoms with van der Waals surface area (Å²) < 4.78 is 13.8. The third-order valence-electron chi connectivity index (χ3n) is 10.8. The summed E-state index contributed by atoms with van der Waals surface area (Å²) in [6, 6.07) is 56.3. The average Bonchev–Trinajstić information content (AvgIpc) is 3.30. The standard InChI is InChI=1S/C48H28BN7O2/c1-5-15-29(16-6-1)43-50-44(30-17-7-2-8-18-30)52-47(51-43)33-27-38-42-39(28-33)58-37-26-14-24-35-41(37)49(42)40-34(23-13-25-36(40)57-38)56(35)48-54-45(31-19-9-3-10-20-31)53-46(55-48)32-21-11-4-12-22-32/h1-28H. The summed E-state index contributed by atoms with van der Waals surface area (Å²) in [7, 11) is 0. The molecule has 12 rings (SSSR count). The SMILES string of the molecule is c1ccc(-c2nc(-c3ccccc3)nc(-c3cc4c5c(c3)Oc3cccc6c3B5c3c(cccc3N6c3nc(-c5ccccc5)nc(-c5ccccc5)n3)O4)n2)cc1. The summed E-state index contributed by atoms with van der Waals surface area (Å²) in [6.45, 7) is -0.169. The number of nitrogens with zero attached hydrogens (tertiary/aromatic N) is 7. The van der Waals surface area contributed by atoms with E-state index in [1.54, 1.807) is 0 Å². The van der Waals surface area contributed by atoms with Crippen molar-refractivity contribution in [3.8, 4) is 79.9 Å². The number of aromatic nitrogens is 6. The first-order valence-electron chi connectivity index (χ1n) is 19.1. The fraction of sp³-hybridized carbons (Fsp3) is 0. The Kier molecular flexibility index (Phi) is 7.12. The van der Waals surface area contributed by atoms with E-state index in [9.17, 15) is 0 Å². The van der Waals surface area contributed by atoms with Crippen molar-refractivity contribution in [2.45, 2.75) is 0 Å². The first-order valence-corrected chi connectivity index (χ1v) is 19.1. The van der Waals surface area contributed by atoms with Crippen LogP contribution >= 0.6 is 0 Å². The Morgan fingerprint density at radius 1 is 0.328 bits per heavy atom. The van der Waals surface area contributed by atoms with E-state index in [1.807, 2.05) is 158 Å². The van der Waals surface area contributed by atoms with E-state index in [0.29, 0.717) is 46.6 Å². The Morgan fingerprint density at radius 3 is 1.09 bits per heavy atom. The summed E-state index contributed by atoms with van der Waals surface area (Å²) in [4.78, 5) is 32.3. The van der Waals surface area contributed by atoms with Gasteiger partial charge in [0.25, 0.3) is 6.71 Å². The molecule has 0 N–H and O–H groups in total. The van der Waals surface area contributed by atoms with Gasteiger partial charge in [-0.15, -0.1) is 0 Å². The van der Waals surface area contributed by atoms with Crippen LogP contribution in [0.5, 0.6) is 23.0 Å². The number of ether oxygens (including phenoxy) is 2. The van der Waals surface area contributed by atoms with Crippen LogP contribution < -0.4 is 30.8 Å². The highest BCUT2D eigenvalue weighted by Gasteiger charge is 2.48. The van der Waals surface area contributed by atoms with Gasteiger partial charge in [-0.2, -0.15) is 9.97 Å². The van der Waals surface area contributed by atoms with Crippen LogP contribution in [0.15, 0.2) is 170 Å². The summed E-state index contributed by atoms with van der Waals surface area (Å²) >= 11 is 0. The molecule has 0 spiro atoms. The largest absolute Gasteiger partial charge is 0.458 e. The second-order valence-electron chi connectivity index (χ2n) is 14.3. The van der Waals surface area contributed by atoms with E-state index in [-0.39, 0.29) is 6.71 Å². The number of rotatable bonds is 6. The zero-order valence-corrected chi connectivity index (χ0v) is 30.7. The zero-order chi connectivity index (χ0) is 38.2. The minimum atomic E-state index is -0.169. The van der Waals surface area contributed by atoms with E-state index in [4.69, 9.17) is 39.4 Å². The second-order valence-corrected chi connectivity index (χ2v) is 14.3. The molecule has 7 aromatic carbocycles. The fourth-order valence-electron chi connectivity index (χ4n) is 8.25. The maximum absolute atomic E-state index is 6.88. The molecular weight excluding hydrogens is 717 g/mol. The Balaban J connectivity index is 1.04. The predicted molar refractivity (Wildman–Crippen MR) is 226 cm³/mol. The molecule has 0 aliphatic carbocycles. The van der Waals surface area contributed by atoms with E-state index >= 15 is 0 Å². The number of benzene rings is 7. The van der Waals surface area contributed by atoms with Gasteiger partial charge in [0.2, 0.25) is 5.95 Å². The summed E-state index contributed by atoms with van der Waals surface area (Å²) in [5.74, 6) is 6.22. The summed E-state index contributed by atoms with van der Waals surface area (Å²) in [5.41, 5.74) is 9.20. The monoisotopic (exact) mass is 745 g/mol. The van der Waals surface area contributed by atoms with E-state index < -0.39 is 0 Å². The lowest BCUT2D eigenvalue weighted by Gasteiger charge is -2.41. The van der Waals surface area contributed by atoms with Gasteiger partial charge in [0.15, 0.2) is 29.1 Å². The van der Waals surface area contributed by atoms with Crippen LogP contribution in [-0.4, -0.2) is 36.6 Å². The molecule has 9 nitrogen and oxygen atoms in total. The highest BCUT2D eigenvalue weighted by atomic mass is 16.5. The van der Waals surface area contributed by atoms with Gasteiger partial charge < -0.3 is 9.47 Å². The van der Waals surface area contributed by atoms with Crippen molar-refractivity contribution < 1.29 is 9.47 Å². The molecule has 0 saturated carbocycles. The molecule has 0 radical (unpaired) electrons. The van der Waals surface area contributed by atoms with Crippen molar-refractivity contribution >= 4 is 40.4 Å². The molecule has 5 heterocycles. The molecule has 10 heteroatoms. The fourth-order valence-corrected chi connectivity index (χ4v) is 8.25. The van der Waals surface area contributed by atoms with Gasteiger partial charge in [0, 0.05) is 44.7 Å². The van der Waals surface area contributed by atoms with Gasteiger partial charge in [-0.25, -0.2) is 19.9 Å². The number of hydrogen-bond donors (Lipinski definition) is 0. The molecule has 0 atom stereocenters. The Labute approximate surface area is 333 Å². The molecule has 0 unspecified atom stereocenters. The zero-order valence-electron chi connectivity index (χ0n) is 30.7. The Morgan fingerprint density at radius 2 is 0.690 bits per heavy atom. The molecule has 0 saturated heterocycles. The van der Waals surface area contributed by atoms with Gasteiger partial charge >= 0.3 is 0 Å². The molecule has 2 aromatic heterocycles. The van der Waals surface area contributed by atoms with Crippen molar-refractivity contribution in [2.24, 2.45) is 0 Å². The highest BCUT2D eigenvalue weighted by molar-refractivity contribution is 7.00. The minimum Gasteiger partial charge on any atom is -0.458 e. The van der Waals surface area contributed by atoms with Crippen molar-refractivity contribution in [3.05, 3.63) is 170 Å². The normalized spacial score (nSPS) is 12.7. The second kappa shape index (κ2) is 12.8. The third-order valence-corrected chi connectivity index (χ3v) is 10.8. The van der Waals surface area contributed by atoms with Gasteiger partial charge in [0.05, 0.1) is 0 Å². The molecule has 0 amide bonds. The van der Waals surface area contributed by atoms with Crippen LogP contribution in [0.2, 0.25) is 0 Å². The Hall–Kier alpha value is -7.98. The first kappa shape index (κ1) is 32.3. The quantitative estimate of drug-likeness (QED) is 0.155. The third kappa shape index (κ3) is 5.12. The van der Waals surface area contributed by atoms with Gasteiger partial charge in [-0.05, 0) is 47.3 Å². The van der Waals surface area contributed by atoms with E-state index in [1.165, 1.54) is 0 Å². The van der Waals surface area contributed by atoms with Crippen molar-refractivity contribution in [2.75, 3.05) is 4.90 Å².